The van der Waals surface area contributed by atoms with Crippen LogP contribution in [-0.2, 0) is 10.0 Å². The molecule has 0 bridgehead atoms. The van der Waals surface area contributed by atoms with E-state index in [0.29, 0.717) is 12.1 Å². The summed E-state index contributed by atoms with van der Waals surface area (Å²) < 4.78 is 26.9. The van der Waals surface area contributed by atoms with Gasteiger partial charge in [-0.2, -0.15) is 0 Å². The molecule has 140 valence electrons. The van der Waals surface area contributed by atoms with Gasteiger partial charge in [-0.1, -0.05) is 6.07 Å². The molecule has 0 aromatic heterocycles. The fourth-order valence-electron chi connectivity index (χ4n) is 2.86. The molecule has 2 rings (SSSR count). The number of amides is 1. The molecule has 2 aromatic rings. The Balaban J connectivity index is 2.31. The Hall–Kier alpha value is -2.18. The maximum absolute atomic E-state index is 12.9. The first-order valence-corrected chi connectivity index (χ1v) is 10.1. The lowest BCUT2D eigenvalue weighted by Crippen LogP contribution is -2.31. The molecule has 0 fully saturated rings. The summed E-state index contributed by atoms with van der Waals surface area (Å²) in [5.74, 6) is -0.154. The van der Waals surface area contributed by atoms with E-state index < -0.39 is 10.0 Å². The minimum atomic E-state index is -3.57. The molecule has 0 heterocycles. The quantitative estimate of drug-likeness (QED) is 0.839. The van der Waals surface area contributed by atoms with Crippen molar-refractivity contribution >= 4 is 21.6 Å². The molecule has 0 unspecified atom stereocenters. The second-order valence-corrected chi connectivity index (χ2v) is 8.41. The summed E-state index contributed by atoms with van der Waals surface area (Å²) in [5, 5.41) is 0. The summed E-state index contributed by atoms with van der Waals surface area (Å²) in [6, 6.07) is 11.9. The van der Waals surface area contributed by atoms with Crippen LogP contribution in [0.5, 0.6) is 0 Å². The molecule has 0 aliphatic rings. The number of nitrogens with zero attached hydrogens (tertiary/aromatic N) is 1. The standard InChI is InChI=1S/C20H26N2O3S/c1-6-22(18-12-15(4)11-16(5)13-18)20(23)17-7-9-19(10-8-17)26(24,25)21-14(2)3/h7-14,21H,6H2,1-5H3. The van der Waals surface area contributed by atoms with Crippen molar-refractivity contribution in [3.63, 3.8) is 0 Å². The Morgan fingerprint density at radius 1 is 1.04 bits per heavy atom. The lowest BCUT2D eigenvalue weighted by Gasteiger charge is -2.22. The first kappa shape index (κ1) is 20.1. The number of carbonyl (C=O) groups is 1. The fourth-order valence-corrected chi connectivity index (χ4v) is 4.11. The maximum atomic E-state index is 12.9. The Morgan fingerprint density at radius 3 is 2.04 bits per heavy atom. The molecule has 26 heavy (non-hydrogen) atoms. The summed E-state index contributed by atoms with van der Waals surface area (Å²) in [5.41, 5.74) is 3.47. The highest BCUT2D eigenvalue weighted by molar-refractivity contribution is 7.89. The van der Waals surface area contributed by atoms with E-state index in [0.717, 1.165) is 16.8 Å². The molecule has 1 amide bonds. The van der Waals surface area contributed by atoms with Crippen LogP contribution in [0.15, 0.2) is 47.4 Å². The highest BCUT2D eigenvalue weighted by atomic mass is 32.2. The van der Waals surface area contributed by atoms with Crippen molar-refractivity contribution in [2.45, 2.75) is 45.6 Å². The van der Waals surface area contributed by atoms with Crippen LogP contribution in [0.3, 0.4) is 0 Å². The molecule has 0 saturated carbocycles. The van der Waals surface area contributed by atoms with E-state index in [-0.39, 0.29) is 16.8 Å². The van der Waals surface area contributed by atoms with Crippen LogP contribution in [0.1, 0.15) is 42.3 Å². The van der Waals surface area contributed by atoms with Crippen molar-refractivity contribution in [3.8, 4) is 0 Å². The third-order valence-corrected chi connectivity index (χ3v) is 5.56. The highest BCUT2D eigenvalue weighted by Gasteiger charge is 2.19. The van der Waals surface area contributed by atoms with Gasteiger partial charge in [0.25, 0.3) is 5.91 Å². The maximum Gasteiger partial charge on any atom is 0.258 e. The molecule has 0 saturated heterocycles. The summed E-state index contributed by atoms with van der Waals surface area (Å²) in [6.07, 6.45) is 0. The predicted molar refractivity (Wildman–Crippen MR) is 105 cm³/mol. The zero-order valence-corrected chi connectivity index (χ0v) is 16.7. The van der Waals surface area contributed by atoms with Crippen molar-refractivity contribution < 1.29 is 13.2 Å². The van der Waals surface area contributed by atoms with Gasteiger partial charge in [0.05, 0.1) is 4.90 Å². The van der Waals surface area contributed by atoms with Crippen LogP contribution < -0.4 is 9.62 Å². The Bertz CT molecular complexity index is 868. The molecule has 2 aromatic carbocycles. The zero-order valence-electron chi connectivity index (χ0n) is 15.9. The average Bonchev–Trinajstić information content (AvgIpc) is 2.53. The topological polar surface area (TPSA) is 66.5 Å². The predicted octanol–water partition coefficient (Wildman–Crippen LogP) is 3.66. The van der Waals surface area contributed by atoms with E-state index >= 15 is 0 Å². The largest absolute Gasteiger partial charge is 0.309 e. The van der Waals surface area contributed by atoms with Gasteiger partial charge in [0, 0.05) is 23.8 Å². The highest BCUT2D eigenvalue weighted by Crippen LogP contribution is 2.21. The van der Waals surface area contributed by atoms with Gasteiger partial charge in [0.1, 0.15) is 0 Å². The van der Waals surface area contributed by atoms with Gasteiger partial charge >= 0.3 is 0 Å². The number of aryl methyl sites for hydroxylation is 2. The van der Waals surface area contributed by atoms with Crippen LogP contribution >= 0.6 is 0 Å². The van der Waals surface area contributed by atoms with Crippen molar-refractivity contribution in [1.82, 2.24) is 4.72 Å². The zero-order chi connectivity index (χ0) is 19.5. The van der Waals surface area contributed by atoms with Gasteiger partial charge in [-0.05, 0) is 82.1 Å². The van der Waals surface area contributed by atoms with Gasteiger partial charge in [0.15, 0.2) is 0 Å². The number of hydrogen-bond acceptors (Lipinski definition) is 3. The SMILES string of the molecule is CCN(C(=O)c1ccc(S(=O)(=O)NC(C)C)cc1)c1cc(C)cc(C)c1. The molecular weight excluding hydrogens is 348 g/mol. The molecule has 0 aliphatic heterocycles. The number of nitrogens with one attached hydrogen (secondary N) is 1. The molecule has 0 atom stereocenters. The van der Waals surface area contributed by atoms with Crippen LogP contribution in [0, 0.1) is 13.8 Å². The first-order valence-electron chi connectivity index (χ1n) is 8.66. The first-order chi connectivity index (χ1) is 12.1. The van der Waals surface area contributed by atoms with E-state index in [9.17, 15) is 13.2 Å². The summed E-state index contributed by atoms with van der Waals surface area (Å²) >= 11 is 0. The lowest BCUT2D eigenvalue weighted by molar-refractivity contribution is 0.0988. The third kappa shape index (κ3) is 4.71. The molecule has 0 aliphatic carbocycles. The number of anilines is 1. The fraction of sp³-hybridized carbons (Fsp3) is 0.350. The monoisotopic (exact) mass is 374 g/mol. The van der Waals surface area contributed by atoms with E-state index in [1.807, 2.05) is 32.9 Å². The summed E-state index contributed by atoms with van der Waals surface area (Å²) in [7, 11) is -3.57. The van der Waals surface area contributed by atoms with Crippen LogP contribution in [0.2, 0.25) is 0 Å². The average molecular weight is 375 g/mol. The Morgan fingerprint density at radius 2 is 1.58 bits per heavy atom. The normalized spacial score (nSPS) is 11.6. The van der Waals surface area contributed by atoms with Gasteiger partial charge in [-0.25, -0.2) is 13.1 Å². The van der Waals surface area contributed by atoms with Crippen molar-refractivity contribution in [1.29, 1.82) is 0 Å². The van der Waals surface area contributed by atoms with Gasteiger partial charge in [-0.3, -0.25) is 4.79 Å². The van der Waals surface area contributed by atoms with Crippen LogP contribution in [0.4, 0.5) is 5.69 Å². The number of rotatable bonds is 6. The Labute approximate surface area is 156 Å². The van der Waals surface area contributed by atoms with Crippen LogP contribution in [0.25, 0.3) is 0 Å². The van der Waals surface area contributed by atoms with E-state index in [1.165, 1.54) is 12.1 Å². The number of sulfonamides is 1. The van der Waals surface area contributed by atoms with Crippen LogP contribution in [-0.4, -0.2) is 26.9 Å². The van der Waals surface area contributed by atoms with Gasteiger partial charge in [0.2, 0.25) is 10.0 Å². The van der Waals surface area contributed by atoms with Crippen molar-refractivity contribution in [2.24, 2.45) is 0 Å². The minimum absolute atomic E-state index is 0.150. The molecular formula is C20H26N2O3S. The summed E-state index contributed by atoms with van der Waals surface area (Å²) in [6.45, 7) is 9.96. The van der Waals surface area contributed by atoms with E-state index in [2.05, 4.69) is 10.8 Å². The van der Waals surface area contributed by atoms with Crippen molar-refractivity contribution in [2.75, 3.05) is 11.4 Å². The van der Waals surface area contributed by atoms with Crippen molar-refractivity contribution in [3.05, 3.63) is 59.2 Å². The summed E-state index contributed by atoms with van der Waals surface area (Å²) in [4.78, 5) is 14.7. The number of benzene rings is 2. The number of hydrogen-bond donors (Lipinski definition) is 1. The second-order valence-electron chi connectivity index (χ2n) is 6.70. The Kier molecular flexibility index (Phi) is 6.21. The smallest absolute Gasteiger partial charge is 0.258 e. The third-order valence-electron chi connectivity index (χ3n) is 3.88. The number of carbonyl (C=O) groups excluding carboxylic acids is 1. The molecule has 0 spiro atoms. The lowest BCUT2D eigenvalue weighted by atomic mass is 10.1. The van der Waals surface area contributed by atoms with Gasteiger partial charge < -0.3 is 4.90 Å². The molecule has 1 N–H and O–H groups in total. The van der Waals surface area contributed by atoms with E-state index in [4.69, 9.17) is 0 Å². The molecule has 0 radical (unpaired) electrons. The second kappa shape index (κ2) is 8.01. The van der Waals surface area contributed by atoms with Gasteiger partial charge in [-0.15, -0.1) is 0 Å². The molecule has 5 nitrogen and oxygen atoms in total. The van der Waals surface area contributed by atoms with E-state index in [1.54, 1.807) is 30.9 Å². The minimum Gasteiger partial charge on any atom is -0.309 e. The molecule has 6 heteroatoms.